The fourth-order valence-corrected chi connectivity index (χ4v) is 3.09. The molecule has 6 heteroatoms. The fourth-order valence-electron chi connectivity index (χ4n) is 3.09. The van der Waals surface area contributed by atoms with E-state index in [-0.39, 0.29) is 35.5 Å². The summed E-state index contributed by atoms with van der Waals surface area (Å²) >= 11 is 0. The number of allylic oxidation sites excluding steroid dienone is 2. The van der Waals surface area contributed by atoms with Crippen LogP contribution >= 0.6 is 0 Å². The van der Waals surface area contributed by atoms with Gasteiger partial charge in [-0.15, -0.1) is 5.06 Å². The molecule has 6 nitrogen and oxygen atoms in total. The van der Waals surface area contributed by atoms with Crippen molar-refractivity contribution in [3.8, 4) is 0 Å². The summed E-state index contributed by atoms with van der Waals surface area (Å²) < 4.78 is 0. The minimum absolute atomic E-state index is 0.125. The van der Waals surface area contributed by atoms with E-state index in [1.807, 2.05) is 12.2 Å². The molecule has 0 aromatic carbocycles. The summed E-state index contributed by atoms with van der Waals surface area (Å²) in [7, 11) is 1.37. The van der Waals surface area contributed by atoms with E-state index in [9.17, 15) is 14.4 Å². The van der Waals surface area contributed by atoms with Gasteiger partial charge in [-0.25, -0.2) is 4.79 Å². The van der Waals surface area contributed by atoms with Gasteiger partial charge in [0.15, 0.2) is 0 Å². The van der Waals surface area contributed by atoms with Gasteiger partial charge in [0.05, 0.1) is 11.8 Å². The predicted octanol–water partition coefficient (Wildman–Crippen LogP) is 0.0645. The van der Waals surface area contributed by atoms with E-state index >= 15 is 0 Å². The van der Waals surface area contributed by atoms with Gasteiger partial charge < -0.3 is 10.2 Å². The molecule has 3 amide bonds. The second-order valence-corrected chi connectivity index (χ2v) is 4.60. The van der Waals surface area contributed by atoms with Gasteiger partial charge in [-0.2, -0.15) is 0 Å². The number of fused-ring (bicyclic) bond motifs is 5. The first-order chi connectivity index (χ1) is 8.13. The highest BCUT2D eigenvalue weighted by Crippen LogP contribution is 2.52. The molecule has 1 N–H and O–H groups in total. The second kappa shape index (κ2) is 3.32. The van der Waals surface area contributed by atoms with Crippen molar-refractivity contribution in [2.24, 2.45) is 23.7 Å². The van der Waals surface area contributed by atoms with E-state index in [1.165, 1.54) is 7.05 Å². The zero-order valence-corrected chi connectivity index (χ0v) is 9.25. The Labute approximate surface area is 97.5 Å². The molecule has 3 rings (SSSR count). The molecule has 0 aromatic heterocycles. The third-order valence-electron chi connectivity index (χ3n) is 3.81. The lowest BCUT2D eigenvalue weighted by Crippen LogP contribution is -2.38. The van der Waals surface area contributed by atoms with Crippen molar-refractivity contribution in [3.05, 3.63) is 12.2 Å². The number of hydroxylamine groups is 2. The van der Waals surface area contributed by atoms with Crippen molar-refractivity contribution in [1.82, 2.24) is 10.4 Å². The SMILES string of the molecule is CNC(=O)ON1C(=O)C2C3C=CC(C3)C2C1=O. The molecule has 90 valence electrons. The molecular formula is C11H12N2O4. The Balaban J connectivity index is 1.85. The molecule has 3 aliphatic rings. The Hall–Kier alpha value is -1.85. The molecular weight excluding hydrogens is 224 g/mol. The molecule has 4 atom stereocenters. The number of carbonyl (C=O) groups is 3. The summed E-state index contributed by atoms with van der Waals surface area (Å²) in [6.45, 7) is 0. The molecule has 17 heavy (non-hydrogen) atoms. The van der Waals surface area contributed by atoms with Crippen LogP contribution in [0.15, 0.2) is 12.2 Å². The molecule has 1 aliphatic heterocycles. The van der Waals surface area contributed by atoms with Crippen molar-refractivity contribution in [2.75, 3.05) is 7.05 Å². The fraction of sp³-hybridized carbons (Fsp3) is 0.545. The Morgan fingerprint density at radius 3 is 2.29 bits per heavy atom. The van der Waals surface area contributed by atoms with E-state index in [0.29, 0.717) is 5.06 Å². The molecule has 2 bridgehead atoms. The standard InChI is InChI=1S/C11H12N2O4/c1-12-11(16)17-13-9(14)7-5-2-3-6(4-5)8(7)10(13)15/h2-3,5-8H,4H2,1H3,(H,12,16). The van der Waals surface area contributed by atoms with E-state index < -0.39 is 6.09 Å². The third kappa shape index (κ3) is 1.23. The molecule has 1 saturated heterocycles. The van der Waals surface area contributed by atoms with E-state index in [1.54, 1.807) is 0 Å². The largest absolute Gasteiger partial charge is 0.431 e. The Morgan fingerprint density at radius 1 is 1.29 bits per heavy atom. The van der Waals surface area contributed by atoms with Crippen LogP contribution in [-0.2, 0) is 14.4 Å². The molecule has 1 heterocycles. The number of carbonyl (C=O) groups excluding carboxylic acids is 3. The van der Waals surface area contributed by atoms with Crippen molar-refractivity contribution in [3.63, 3.8) is 0 Å². The maximum atomic E-state index is 12.0. The Morgan fingerprint density at radius 2 is 1.82 bits per heavy atom. The summed E-state index contributed by atoms with van der Waals surface area (Å²) in [5.41, 5.74) is 0. The maximum Gasteiger partial charge on any atom is 0.431 e. The monoisotopic (exact) mass is 236 g/mol. The van der Waals surface area contributed by atoms with Crippen molar-refractivity contribution in [1.29, 1.82) is 0 Å². The average Bonchev–Trinajstić information content (AvgIpc) is 2.98. The van der Waals surface area contributed by atoms with E-state index in [2.05, 4.69) is 5.32 Å². The number of amides is 3. The van der Waals surface area contributed by atoms with Crippen LogP contribution in [0.2, 0.25) is 0 Å². The number of hydrogen-bond acceptors (Lipinski definition) is 4. The summed E-state index contributed by atoms with van der Waals surface area (Å²) in [6, 6.07) is 0. The zero-order valence-electron chi connectivity index (χ0n) is 9.25. The van der Waals surface area contributed by atoms with Crippen LogP contribution in [0.3, 0.4) is 0 Å². The first-order valence-electron chi connectivity index (χ1n) is 5.59. The van der Waals surface area contributed by atoms with Gasteiger partial charge in [-0.05, 0) is 18.3 Å². The van der Waals surface area contributed by atoms with Gasteiger partial charge >= 0.3 is 6.09 Å². The summed E-state index contributed by atoms with van der Waals surface area (Å²) in [5.74, 6) is -1.19. The lowest BCUT2D eigenvalue weighted by molar-refractivity contribution is -0.174. The normalized spacial score (nSPS) is 37.6. The van der Waals surface area contributed by atoms with Crippen molar-refractivity contribution >= 4 is 17.9 Å². The van der Waals surface area contributed by atoms with Crippen LogP contribution in [0.5, 0.6) is 0 Å². The zero-order chi connectivity index (χ0) is 12.2. The molecule has 0 spiro atoms. The third-order valence-corrected chi connectivity index (χ3v) is 3.81. The minimum atomic E-state index is -0.799. The van der Waals surface area contributed by atoms with Gasteiger partial charge in [0.25, 0.3) is 11.8 Å². The van der Waals surface area contributed by atoms with Gasteiger partial charge in [0.2, 0.25) is 0 Å². The lowest BCUT2D eigenvalue weighted by Gasteiger charge is -2.15. The maximum absolute atomic E-state index is 12.0. The highest BCUT2D eigenvalue weighted by Gasteiger charge is 2.60. The van der Waals surface area contributed by atoms with Gasteiger partial charge in [-0.1, -0.05) is 12.2 Å². The average molecular weight is 236 g/mol. The smallest absolute Gasteiger partial charge is 0.323 e. The number of nitrogens with zero attached hydrogens (tertiary/aromatic N) is 1. The molecule has 4 unspecified atom stereocenters. The van der Waals surface area contributed by atoms with Crippen LogP contribution in [0.25, 0.3) is 0 Å². The van der Waals surface area contributed by atoms with E-state index in [0.717, 1.165) is 6.42 Å². The minimum Gasteiger partial charge on any atom is -0.323 e. The number of imide groups is 1. The highest BCUT2D eigenvalue weighted by molar-refractivity contribution is 6.06. The first kappa shape index (κ1) is 10.3. The molecule has 2 fully saturated rings. The summed E-state index contributed by atoms with van der Waals surface area (Å²) in [4.78, 5) is 39.8. The first-order valence-corrected chi connectivity index (χ1v) is 5.59. The summed E-state index contributed by atoms with van der Waals surface area (Å²) in [6.07, 6.45) is 4.04. The molecule has 0 aromatic rings. The van der Waals surface area contributed by atoms with Crippen LogP contribution in [0, 0.1) is 23.7 Å². The van der Waals surface area contributed by atoms with Gasteiger partial charge in [0.1, 0.15) is 0 Å². The number of nitrogens with one attached hydrogen (secondary N) is 1. The summed E-state index contributed by atoms with van der Waals surface area (Å²) in [5, 5.41) is 2.84. The topological polar surface area (TPSA) is 75.7 Å². The quantitative estimate of drug-likeness (QED) is 0.516. The number of hydrogen-bond donors (Lipinski definition) is 1. The molecule has 2 aliphatic carbocycles. The Kier molecular flexibility index (Phi) is 2.01. The van der Waals surface area contributed by atoms with Crippen LogP contribution < -0.4 is 5.32 Å². The molecule has 0 radical (unpaired) electrons. The second-order valence-electron chi connectivity index (χ2n) is 4.60. The van der Waals surface area contributed by atoms with Gasteiger partial charge in [0, 0.05) is 7.05 Å². The Bertz CT molecular complexity index is 415. The lowest BCUT2D eigenvalue weighted by atomic mass is 9.85. The predicted molar refractivity (Wildman–Crippen MR) is 55.1 cm³/mol. The highest BCUT2D eigenvalue weighted by atomic mass is 16.7. The van der Waals surface area contributed by atoms with E-state index in [4.69, 9.17) is 4.84 Å². The number of rotatable bonds is 1. The van der Waals surface area contributed by atoms with Crippen molar-refractivity contribution < 1.29 is 19.2 Å². The molecule has 1 saturated carbocycles. The van der Waals surface area contributed by atoms with Crippen LogP contribution in [0.4, 0.5) is 4.79 Å². The van der Waals surface area contributed by atoms with Gasteiger partial charge in [-0.3, -0.25) is 9.59 Å². The van der Waals surface area contributed by atoms with Crippen molar-refractivity contribution in [2.45, 2.75) is 6.42 Å². The van der Waals surface area contributed by atoms with Crippen LogP contribution in [-0.4, -0.2) is 30.0 Å². The van der Waals surface area contributed by atoms with Crippen LogP contribution in [0.1, 0.15) is 6.42 Å².